The third kappa shape index (κ3) is 3.95. The Morgan fingerprint density at radius 3 is 2.48 bits per heavy atom. The number of nitrogens with zero attached hydrogens (tertiary/aromatic N) is 1. The van der Waals surface area contributed by atoms with Crippen molar-refractivity contribution in [1.29, 1.82) is 0 Å². The Balaban J connectivity index is 2.25. The highest BCUT2D eigenvalue weighted by molar-refractivity contribution is 5.93. The van der Waals surface area contributed by atoms with Gasteiger partial charge in [0.1, 0.15) is 5.60 Å². The molecule has 0 saturated carbocycles. The minimum Gasteiger partial charge on any atom is -0.444 e. The van der Waals surface area contributed by atoms with E-state index in [-0.39, 0.29) is 0 Å². The summed E-state index contributed by atoms with van der Waals surface area (Å²) >= 11 is 0. The summed E-state index contributed by atoms with van der Waals surface area (Å²) in [5.41, 5.74) is 8.15. The zero-order valence-electron chi connectivity index (χ0n) is 12.4. The maximum Gasteiger partial charge on any atom is 0.412 e. The van der Waals surface area contributed by atoms with Crippen molar-refractivity contribution in [3.63, 3.8) is 0 Å². The Bertz CT molecular complexity index is 634. The van der Waals surface area contributed by atoms with Crippen LogP contribution >= 0.6 is 0 Å². The molecule has 2 rings (SSSR count). The zero-order chi connectivity index (χ0) is 15.5. The molecule has 0 aliphatic carbocycles. The summed E-state index contributed by atoms with van der Waals surface area (Å²) in [6, 6.07) is 9.64. The average molecular weight is 285 g/mol. The smallest absolute Gasteiger partial charge is 0.412 e. The summed E-state index contributed by atoms with van der Waals surface area (Å²) in [6.07, 6.45) is 2.62. The van der Waals surface area contributed by atoms with Crippen LogP contribution in [0.1, 0.15) is 20.8 Å². The van der Waals surface area contributed by atoms with Crippen molar-refractivity contribution < 1.29 is 9.53 Å². The lowest BCUT2D eigenvalue weighted by Crippen LogP contribution is -2.27. The number of pyridine rings is 1. The van der Waals surface area contributed by atoms with Crippen molar-refractivity contribution in [1.82, 2.24) is 4.98 Å². The molecule has 0 spiro atoms. The number of nitrogen functional groups attached to an aromatic ring is 1. The molecule has 110 valence electrons. The van der Waals surface area contributed by atoms with Crippen LogP contribution < -0.4 is 11.1 Å². The molecule has 3 N–H and O–H groups in total. The minimum atomic E-state index is -0.566. The van der Waals surface area contributed by atoms with Crippen LogP contribution in [0.5, 0.6) is 0 Å². The van der Waals surface area contributed by atoms with Gasteiger partial charge in [-0.15, -0.1) is 0 Å². The van der Waals surface area contributed by atoms with E-state index in [4.69, 9.17) is 10.5 Å². The highest BCUT2D eigenvalue weighted by atomic mass is 16.6. The predicted octanol–water partition coefficient (Wildman–Crippen LogP) is 3.68. The zero-order valence-corrected chi connectivity index (χ0v) is 12.4. The summed E-state index contributed by atoms with van der Waals surface area (Å²) in [5.74, 6) is 0. The second-order valence-corrected chi connectivity index (χ2v) is 5.64. The summed E-state index contributed by atoms with van der Waals surface area (Å²) in [4.78, 5) is 15.9. The van der Waals surface area contributed by atoms with Crippen LogP contribution in [-0.4, -0.2) is 16.7 Å². The number of hydrogen-bond acceptors (Lipinski definition) is 4. The number of rotatable bonds is 2. The quantitative estimate of drug-likeness (QED) is 0.882. The fourth-order valence-corrected chi connectivity index (χ4v) is 1.83. The maximum atomic E-state index is 11.8. The largest absolute Gasteiger partial charge is 0.444 e. The molecule has 1 aromatic heterocycles. The van der Waals surface area contributed by atoms with Crippen LogP contribution in [0.4, 0.5) is 16.2 Å². The Morgan fingerprint density at radius 2 is 1.86 bits per heavy atom. The molecule has 0 aliphatic rings. The first-order valence-electron chi connectivity index (χ1n) is 6.66. The van der Waals surface area contributed by atoms with E-state index in [9.17, 15) is 4.79 Å². The number of nitrogens with two attached hydrogens (primary N) is 1. The lowest BCUT2D eigenvalue weighted by molar-refractivity contribution is 0.0636. The molecule has 0 bridgehead atoms. The molecule has 5 nitrogen and oxygen atoms in total. The number of amides is 1. The van der Waals surface area contributed by atoms with Gasteiger partial charge in [-0.05, 0) is 26.3 Å². The number of aromatic nitrogens is 1. The molecule has 5 heteroatoms. The van der Waals surface area contributed by atoms with Gasteiger partial charge < -0.3 is 10.5 Å². The normalized spacial score (nSPS) is 11.0. The van der Waals surface area contributed by atoms with Crippen molar-refractivity contribution in [2.24, 2.45) is 0 Å². The van der Waals surface area contributed by atoms with Gasteiger partial charge in [0, 0.05) is 11.8 Å². The van der Waals surface area contributed by atoms with Gasteiger partial charge in [0.15, 0.2) is 0 Å². The fraction of sp³-hybridized carbons (Fsp3) is 0.250. The number of hydrogen-bond donors (Lipinski definition) is 2. The second-order valence-electron chi connectivity index (χ2n) is 5.64. The fourth-order valence-electron chi connectivity index (χ4n) is 1.83. The van der Waals surface area contributed by atoms with Crippen LogP contribution in [0, 0.1) is 0 Å². The predicted molar refractivity (Wildman–Crippen MR) is 83.9 cm³/mol. The van der Waals surface area contributed by atoms with Crippen LogP contribution in [0.15, 0.2) is 42.7 Å². The number of carbonyl (C=O) groups is 1. The first-order chi connectivity index (χ1) is 9.87. The molecule has 21 heavy (non-hydrogen) atoms. The number of benzene rings is 1. The summed E-state index contributed by atoms with van der Waals surface area (Å²) < 4.78 is 5.21. The van der Waals surface area contributed by atoms with Crippen molar-refractivity contribution in [2.45, 2.75) is 26.4 Å². The summed E-state index contributed by atoms with van der Waals surface area (Å²) in [6.45, 7) is 5.40. The van der Waals surface area contributed by atoms with Gasteiger partial charge in [-0.2, -0.15) is 0 Å². The van der Waals surface area contributed by atoms with Gasteiger partial charge in [-0.25, -0.2) is 4.79 Å². The molecule has 1 heterocycles. The molecular weight excluding hydrogens is 266 g/mol. The van der Waals surface area contributed by atoms with E-state index in [0.717, 1.165) is 11.1 Å². The van der Waals surface area contributed by atoms with E-state index in [2.05, 4.69) is 10.3 Å². The van der Waals surface area contributed by atoms with Crippen LogP contribution in [-0.2, 0) is 4.74 Å². The van der Waals surface area contributed by atoms with E-state index in [1.807, 2.05) is 30.3 Å². The highest BCUT2D eigenvalue weighted by Gasteiger charge is 2.17. The first-order valence-corrected chi connectivity index (χ1v) is 6.66. The molecule has 1 aromatic carbocycles. The highest BCUT2D eigenvalue weighted by Crippen LogP contribution is 2.30. The third-order valence-electron chi connectivity index (χ3n) is 2.71. The van der Waals surface area contributed by atoms with Crippen LogP contribution in [0.2, 0.25) is 0 Å². The number of anilines is 2. The summed E-state index contributed by atoms with van der Waals surface area (Å²) in [5, 5.41) is 2.63. The molecule has 0 aliphatic heterocycles. The van der Waals surface area contributed by atoms with Crippen LogP contribution in [0.25, 0.3) is 11.1 Å². The van der Waals surface area contributed by atoms with E-state index in [0.29, 0.717) is 11.4 Å². The summed E-state index contributed by atoms with van der Waals surface area (Å²) in [7, 11) is 0. The SMILES string of the molecule is CC(C)(C)OC(=O)Nc1cncc(-c2ccccc2)c1N. The number of carbonyl (C=O) groups excluding carboxylic acids is 1. The van der Waals surface area contributed by atoms with Crippen molar-refractivity contribution >= 4 is 17.5 Å². The molecule has 2 aromatic rings. The molecule has 1 amide bonds. The van der Waals surface area contributed by atoms with Crippen molar-refractivity contribution in [3.8, 4) is 11.1 Å². The van der Waals surface area contributed by atoms with E-state index in [1.54, 1.807) is 27.0 Å². The molecule has 0 radical (unpaired) electrons. The van der Waals surface area contributed by atoms with Gasteiger partial charge in [0.25, 0.3) is 0 Å². The van der Waals surface area contributed by atoms with Crippen molar-refractivity contribution in [2.75, 3.05) is 11.1 Å². The maximum absolute atomic E-state index is 11.8. The second kappa shape index (κ2) is 5.83. The third-order valence-corrected chi connectivity index (χ3v) is 2.71. The van der Waals surface area contributed by atoms with E-state index < -0.39 is 11.7 Å². The molecular formula is C16H19N3O2. The lowest BCUT2D eigenvalue weighted by atomic mass is 10.1. The lowest BCUT2D eigenvalue weighted by Gasteiger charge is -2.20. The molecule has 0 atom stereocenters. The van der Waals surface area contributed by atoms with Gasteiger partial charge >= 0.3 is 6.09 Å². The van der Waals surface area contributed by atoms with Gasteiger partial charge in [-0.1, -0.05) is 30.3 Å². The number of nitrogens with one attached hydrogen (secondary N) is 1. The Morgan fingerprint density at radius 1 is 1.19 bits per heavy atom. The molecule has 0 saturated heterocycles. The topological polar surface area (TPSA) is 77.2 Å². The molecule has 0 unspecified atom stereocenters. The average Bonchev–Trinajstić information content (AvgIpc) is 2.40. The van der Waals surface area contributed by atoms with E-state index in [1.165, 1.54) is 6.20 Å². The first kappa shape index (κ1) is 14.8. The standard InChI is InChI=1S/C16H19N3O2/c1-16(2,3)21-15(20)19-13-10-18-9-12(14(13)17)11-7-5-4-6-8-11/h4-10H,1-3H3,(H2,17,18)(H,19,20). The Labute approximate surface area is 124 Å². The van der Waals surface area contributed by atoms with Gasteiger partial charge in [-0.3, -0.25) is 10.3 Å². The monoisotopic (exact) mass is 285 g/mol. The Hall–Kier alpha value is -2.56. The van der Waals surface area contributed by atoms with Gasteiger partial charge in [0.2, 0.25) is 0 Å². The van der Waals surface area contributed by atoms with E-state index >= 15 is 0 Å². The minimum absolute atomic E-state index is 0.436. The van der Waals surface area contributed by atoms with Crippen molar-refractivity contribution in [3.05, 3.63) is 42.7 Å². The molecule has 0 fully saturated rings. The number of ether oxygens (including phenoxy) is 1. The Kier molecular flexibility index (Phi) is 4.12. The van der Waals surface area contributed by atoms with Crippen LogP contribution in [0.3, 0.4) is 0 Å². The van der Waals surface area contributed by atoms with Gasteiger partial charge in [0.05, 0.1) is 17.6 Å².